The van der Waals surface area contributed by atoms with Gasteiger partial charge in [0, 0.05) is 19.3 Å². The van der Waals surface area contributed by atoms with Crippen molar-refractivity contribution in [3.8, 4) is 11.4 Å². The van der Waals surface area contributed by atoms with Gasteiger partial charge in [-0.3, -0.25) is 5.10 Å². The number of ether oxygens (including phenoxy) is 2. The molecule has 2 aliphatic rings. The molecule has 27 heavy (non-hydrogen) atoms. The van der Waals surface area contributed by atoms with Crippen LogP contribution in [-0.4, -0.2) is 57.4 Å². The topological polar surface area (TPSA) is 81.1 Å². The number of morpholine rings is 1. The highest BCUT2D eigenvalue weighted by Crippen LogP contribution is 2.28. The highest BCUT2D eigenvalue weighted by atomic mass is 16.5. The lowest BCUT2D eigenvalue weighted by molar-refractivity contribution is -0.0393. The minimum atomic E-state index is 0.0235. The van der Waals surface area contributed by atoms with Crippen molar-refractivity contribution in [1.82, 2.24) is 25.0 Å². The van der Waals surface area contributed by atoms with Crippen LogP contribution in [-0.2, 0) is 9.47 Å². The summed E-state index contributed by atoms with van der Waals surface area (Å²) in [6.45, 7) is 5.26. The smallest absolute Gasteiger partial charge is 0.150 e. The molecule has 142 valence electrons. The van der Waals surface area contributed by atoms with E-state index in [2.05, 4.69) is 22.0 Å². The van der Waals surface area contributed by atoms with Gasteiger partial charge in [-0.15, -0.1) is 0 Å². The Labute approximate surface area is 157 Å². The van der Waals surface area contributed by atoms with Crippen LogP contribution in [0.25, 0.3) is 22.4 Å². The lowest BCUT2D eigenvalue weighted by Gasteiger charge is -2.34. The molecule has 2 unspecified atom stereocenters. The fourth-order valence-corrected chi connectivity index (χ4v) is 3.85. The van der Waals surface area contributed by atoms with Crippen molar-refractivity contribution in [3.05, 3.63) is 24.4 Å². The van der Waals surface area contributed by atoms with E-state index in [1.54, 1.807) is 0 Å². The van der Waals surface area contributed by atoms with Crippen LogP contribution in [0.15, 0.2) is 24.4 Å². The lowest BCUT2D eigenvalue weighted by atomic mass is 10.2. The van der Waals surface area contributed by atoms with Crippen molar-refractivity contribution >= 4 is 16.9 Å². The second kappa shape index (κ2) is 6.94. The van der Waals surface area contributed by atoms with Gasteiger partial charge in [0.05, 0.1) is 24.8 Å². The van der Waals surface area contributed by atoms with Gasteiger partial charge in [-0.1, -0.05) is 0 Å². The summed E-state index contributed by atoms with van der Waals surface area (Å²) < 4.78 is 13.3. The average Bonchev–Trinajstić information content (AvgIpc) is 3.35. The van der Waals surface area contributed by atoms with Crippen LogP contribution in [0.5, 0.6) is 0 Å². The quantitative estimate of drug-likeness (QED) is 0.766. The fraction of sp³-hybridized carbons (Fsp3) is 0.526. The summed E-state index contributed by atoms with van der Waals surface area (Å²) in [6.07, 6.45) is 5.30. The minimum absolute atomic E-state index is 0.0235. The van der Waals surface area contributed by atoms with Crippen molar-refractivity contribution in [2.24, 2.45) is 0 Å². The van der Waals surface area contributed by atoms with Gasteiger partial charge in [0.1, 0.15) is 29.0 Å². The molecule has 0 spiro atoms. The fourth-order valence-electron chi connectivity index (χ4n) is 3.85. The molecule has 8 heteroatoms. The summed E-state index contributed by atoms with van der Waals surface area (Å²) in [5, 5.41) is 12.3. The summed E-state index contributed by atoms with van der Waals surface area (Å²) in [7, 11) is 0. The largest absolute Gasteiger partial charge is 0.377 e. The van der Waals surface area contributed by atoms with E-state index in [1.807, 2.05) is 29.1 Å². The first-order chi connectivity index (χ1) is 13.3. The molecule has 3 aromatic heterocycles. The first-order valence-corrected chi connectivity index (χ1v) is 9.66. The molecule has 0 aliphatic carbocycles. The Hall–Kier alpha value is -2.45. The van der Waals surface area contributed by atoms with Crippen LogP contribution >= 0.6 is 0 Å². The van der Waals surface area contributed by atoms with E-state index < -0.39 is 0 Å². The van der Waals surface area contributed by atoms with Gasteiger partial charge >= 0.3 is 0 Å². The van der Waals surface area contributed by atoms with E-state index in [9.17, 15) is 0 Å². The molecule has 1 N–H and O–H groups in total. The maximum absolute atomic E-state index is 5.83. The van der Waals surface area contributed by atoms with Crippen molar-refractivity contribution in [2.45, 2.75) is 38.5 Å². The molecule has 2 fully saturated rings. The number of H-pyrrole nitrogens is 1. The van der Waals surface area contributed by atoms with E-state index in [4.69, 9.17) is 19.6 Å². The number of aromatic nitrogens is 5. The Kier molecular flexibility index (Phi) is 4.29. The third-order valence-electron chi connectivity index (χ3n) is 5.36. The molecule has 5 heterocycles. The van der Waals surface area contributed by atoms with E-state index in [0.29, 0.717) is 6.04 Å². The summed E-state index contributed by atoms with van der Waals surface area (Å²) in [5.74, 6) is 0.955. The number of fused-ring (bicyclic) bond motifs is 1. The van der Waals surface area contributed by atoms with Crippen molar-refractivity contribution in [2.75, 3.05) is 31.3 Å². The maximum atomic E-state index is 5.83. The van der Waals surface area contributed by atoms with Gasteiger partial charge in [0.2, 0.25) is 0 Å². The summed E-state index contributed by atoms with van der Waals surface area (Å²) in [5.41, 5.74) is 3.36. The molecule has 0 bridgehead atoms. The van der Waals surface area contributed by atoms with Crippen LogP contribution < -0.4 is 4.90 Å². The molecule has 0 radical (unpaired) electrons. The molecule has 3 aromatic rings. The standard InChI is InChI=1S/C19H24N6O2/c1-13-12-26-11-9-24(13)16-6-5-14-18(20-16)19(22-21-14)15-7-8-25(23-15)17-4-2-3-10-27-17/h5-8,13,17H,2-4,9-12H2,1H3,(H,21,22). The number of hydrogen-bond donors (Lipinski definition) is 1. The molecule has 2 saturated heterocycles. The normalized spacial score (nSPS) is 23.8. The third-order valence-corrected chi connectivity index (χ3v) is 5.36. The first kappa shape index (κ1) is 16.7. The first-order valence-electron chi connectivity index (χ1n) is 9.66. The number of pyridine rings is 1. The number of hydrogen-bond acceptors (Lipinski definition) is 6. The summed E-state index contributed by atoms with van der Waals surface area (Å²) in [6, 6.07) is 6.37. The monoisotopic (exact) mass is 368 g/mol. The number of nitrogens with one attached hydrogen (secondary N) is 1. The second-order valence-corrected chi connectivity index (χ2v) is 7.26. The van der Waals surface area contributed by atoms with Gasteiger partial charge < -0.3 is 14.4 Å². The number of nitrogens with zero attached hydrogens (tertiary/aromatic N) is 5. The molecular weight excluding hydrogens is 344 g/mol. The van der Waals surface area contributed by atoms with Crippen LogP contribution in [0.3, 0.4) is 0 Å². The predicted octanol–water partition coefficient (Wildman–Crippen LogP) is 2.75. The number of aromatic amines is 1. The Balaban J connectivity index is 1.48. The molecule has 2 atom stereocenters. The Morgan fingerprint density at radius 3 is 3.00 bits per heavy atom. The number of rotatable bonds is 3. The van der Waals surface area contributed by atoms with Crippen molar-refractivity contribution in [1.29, 1.82) is 0 Å². The molecule has 0 saturated carbocycles. The summed E-state index contributed by atoms with van der Waals surface area (Å²) >= 11 is 0. The van der Waals surface area contributed by atoms with Gasteiger partial charge in [0.15, 0.2) is 0 Å². The SMILES string of the molecule is CC1COCCN1c1ccc2[nH]nc(-c3ccn(C4CCCCO4)n3)c2n1. The van der Waals surface area contributed by atoms with E-state index in [1.165, 1.54) is 6.42 Å². The van der Waals surface area contributed by atoms with E-state index in [0.717, 1.165) is 67.4 Å². The second-order valence-electron chi connectivity index (χ2n) is 7.26. The molecule has 5 rings (SSSR count). The van der Waals surface area contributed by atoms with Crippen LogP contribution in [0, 0.1) is 0 Å². The van der Waals surface area contributed by atoms with Crippen LogP contribution in [0.1, 0.15) is 32.4 Å². The van der Waals surface area contributed by atoms with Crippen LogP contribution in [0.2, 0.25) is 0 Å². The zero-order valence-corrected chi connectivity index (χ0v) is 15.5. The molecule has 8 nitrogen and oxygen atoms in total. The number of anilines is 1. The molecular formula is C19H24N6O2. The van der Waals surface area contributed by atoms with Crippen molar-refractivity contribution < 1.29 is 9.47 Å². The Morgan fingerprint density at radius 1 is 1.19 bits per heavy atom. The average molecular weight is 368 g/mol. The van der Waals surface area contributed by atoms with E-state index >= 15 is 0 Å². The van der Waals surface area contributed by atoms with E-state index in [-0.39, 0.29) is 6.23 Å². The summed E-state index contributed by atoms with van der Waals surface area (Å²) in [4.78, 5) is 7.19. The maximum Gasteiger partial charge on any atom is 0.150 e. The predicted molar refractivity (Wildman–Crippen MR) is 102 cm³/mol. The lowest BCUT2D eigenvalue weighted by Crippen LogP contribution is -2.44. The molecule has 0 amide bonds. The van der Waals surface area contributed by atoms with Crippen molar-refractivity contribution in [3.63, 3.8) is 0 Å². The zero-order chi connectivity index (χ0) is 18.2. The zero-order valence-electron chi connectivity index (χ0n) is 15.5. The highest BCUT2D eigenvalue weighted by molar-refractivity contribution is 5.89. The van der Waals surface area contributed by atoms with Gasteiger partial charge in [-0.25, -0.2) is 9.67 Å². The Bertz CT molecular complexity index is 929. The Morgan fingerprint density at radius 2 is 2.15 bits per heavy atom. The molecule has 0 aromatic carbocycles. The van der Waals surface area contributed by atoms with Crippen LogP contribution in [0.4, 0.5) is 5.82 Å². The van der Waals surface area contributed by atoms with Gasteiger partial charge in [-0.2, -0.15) is 10.2 Å². The third kappa shape index (κ3) is 3.08. The van der Waals surface area contributed by atoms with Gasteiger partial charge in [-0.05, 0) is 44.4 Å². The highest BCUT2D eigenvalue weighted by Gasteiger charge is 2.22. The minimum Gasteiger partial charge on any atom is -0.377 e. The van der Waals surface area contributed by atoms with Gasteiger partial charge in [0.25, 0.3) is 0 Å². The molecule has 2 aliphatic heterocycles.